The normalized spacial score (nSPS) is 13.8. The molecule has 30 nitrogen and oxygen atoms in total. The molecule has 7 amide bonds. The lowest BCUT2D eigenvalue weighted by atomic mass is 9.90. The van der Waals surface area contributed by atoms with E-state index in [2.05, 4.69) is 54.1 Å². The highest BCUT2D eigenvalue weighted by Gasteiger charge is 2.47. The summed E-state index contributed by atoms with van der Waals surface area (Å²) in [5.41, 5.74) is -2.93. The van der Waals surface area contributed by atoms with Gasteiger partial charge in [0.25, 0.3) is 5.91 Å². The van der Waals surface area contributed by atoms with E-state index in [9.17, 15) is 57.5 Å². The maximum atomic E-state index is 14.2. The van der Waals surface area contributed by atoms with Crippen LogP contribution < -0.4 is 26.4 Å². The molecule has 0 bridgehead atoms. The molecule has 0 aliphatic heterocycles. The number of ether oxygens (including phenoxy) is 9. The summed E-state index contributed by atoms with van der Waals surface area (Å²) in [6, 6.07) is 0. The molecule has 4 unspecified atom stereocenters. The Morgan fingerprint density at radius 2 is 0.650 bits per heavy atom. The SMILES string of the molecule is [B]NCCCN(CCCCN(CC(CCCCCCNC(=O)CCC(C)CCCC(C)CCCCC(C)CCCC(C)CCC(=O)NCCNC(=O)[C@H](OC(C)=O)[C@@H](OC(C)=O)[C@H](OC(C)=O)[C@@H](COC(C)=O)OC(C)=O)CN(CCCCN(CCCN[B])C(=O)OC(C)(C)C)C(=O)OC(C)(C)C)C(=O)OC(C)(C)C)C(=O)OC(C)(C)C. The fourth-order valence-electron chi connectivity index (χ4n) is 13.1. The van der Waals surface area contributed by atoms with E-state index in [4.69, 9.17) is 58.6 Å². The maximum Gasteiger partial charge on any atom is 0.410 e. The van der Waals surface area contributed by atoms with Crippen LogP contribution in [0.25, 0.3) is 0 Å². The predicted molar refractivity (Wildman–Crippen MR) is 452 cm³/mol. The van der Waals surface area contributed by atoms with Gasteiger partial charge < -0.3 is 88.6 Å². The molecular weight excluding hydrogens is 1500 g/mol. The molecule has 0 aliphatic carbocycles. The Hall–Kier alpha value is -7.11. The molecule has 0 aliphatic rings. The molecule has 0 saturated carbocycles. The summed E-state index contributed by atoms with van der Waals surface area (Å²) in [6.07, 6.45) is 12.1. The minimum atomic E-state index is -1.93. The monoisotopic (exact) mass is 1660 g/mol. The van der Waals surface area contributed by atoms with Crippen LogP contribution in [0.1, 0.15) is 306 Å². The van der Waals surface area contributed by atoms with Crippen molar-refractivity contribution in [2.45, 2.75) is 353 Å². The van der Waals surface area contributed by atoms with E-state index in [0.717, 1.165) is 112 Å². The van der Waals surface area contributed by atoms with Gasteiger partial charge in [0.1, 0.15) is 29.0 Å². The minimum Gasteiger partial charge on any atom is -0.462 e. The van der Waals surface area contributed by atoms with Crippen LogP contribution in [0.15, 0.2) is 0 Å². The molecule has 0 heterocycles. The third-order valence-electron chi connectivity index (χ3n) is 19.0. The summed E-state index contributed by atoms with van der Waals surface area (Å²) >= 11 is 0. The van der Waals surface area contributed by atoms with Crippen molar-refractivity contribution in [2.24, 2.45) is 29.6 Å². The van der Waals surface area contributed by atoms with Gasteiger partial charge in [-0.05, 0) is 190 Å². The number of hydrogen-bond donors (Lipinski definition) is 5. The van der Waals surface area contributed by atoms with Gasteiger partial charge in [0.2, 0.25) is 17.9 Å². The molecule has 0 saturated heterocycles. The predicted octanol–water partition coefficient (Wildman–Crippen LogP) is 12.8. The van der Waals surface area contributed by atoms with Crippen LogP contribution in [0.5, 0.6) is 0 Å². The van der Waals surface area contributed by atoms with Crippen LogP contribution >= 0.6 is 0 Å². The fraction of sp³-hybridized carbons (Fsp3) is 0.859. The summed E-state index contributed by atoms with van der Waals surface area (Å²) in [4.78, 5) is 162. The van der Waals surface area contributed by atoms with E-state index in [-0.39, 0.29) is 37.2 Å². The van der Waals surface area contributed by atoms with E-state index in [1.807, 2.05) is 83.1 Å². The van der Waals surface area contributed by atoms with Crippen LogP contribution in [0.2, 0.25) is 0 Å². The molecule has 0 aromatic rings. The van der Waals surface area contributed by atoms with Crippen molar-refractivity contribution in [1.29, 1.82) is 0 Å². The molecule has 4 radical (unpaired) electrons. The van der Waals surface area contributed by atoms with Gasteiger partial charge in [0.15, 0.2) is 34.3 Å². The van der Waals surface area contributed by atoms with Gasteiger partial charge in [-0.1, -0.05) is 111 Å². The van der Waals surface area contributed by atoms with E-state index < -0.39 is 114 Å². The van der Waals surface area contributed by atoms with Crippen LogP contribution in [0.3, 0.4) is 0 Å². The molecular formula is C85H155B2N9O21. The van der Waals surface area contributed by atoms with Gasteiger partial charge in [-0.15, -0.1) is 0 Å². The molecule has 0 fully saturated rings. The van der Waals surface area contributed by atoms with Crippen LogP contribution in [0.4, 0.5) is 19.2 Å². The number of carbonyl (C=O) groups is 12. The highest BCUT2D eigenvalue weighted by Crippen LogP contribution is 2.27. The summed E-state index contributed by atoms with van der Waals surface area (Å²) in [6.45, 7) is 39.8. The molecule has 0 rings (SSSR count). The molecule has 32 heteroatoms. The number of nitrogens with one attached hydrogen (secondary N) is 5. The first kappa shape index (κ1) is 110. The second-order valence-corrected chi connectivity index (χ2v) is 35.6. The molecule has 5 N–H and O–H groups in total. The zero-order valence-electron chi connectivity index (χ0n) is 75.8. The average Bonchev–Trinajstić information content (AvgIpc) is 0.816. The average molecular weight is 1660 g/mol. The van der Waals surface area contributed by atoms with Crippen LogP contribution in [-0.4, -0.2) is 246 Å². The van der Waals surface area contributed by atoms with Gasteiger partial charge in [-0.3, -0.25) is 38.4 Å². The Morgan fingerprint density at radius 1 is 0.325 bits per heavy atom. The third kappa shape index (κ3) is 60.1. The number of unbranched alkanes of at least 4 members (excludes halogenated alkanes) is 6. The van der Waals surface area contributed by atoms with E-state index in [0.29, 0.717) is 153 Å². The van der Waals surface area contributed by atoms with Gasteiger partial charge in [-0.2, -0.15) is 0 Å². The minimum absolute atomic E-state index is 0.00604. The standard InChI is InChI=1S/C85H155B2N9O21/c1-61(36-25-26-37-62(2)39-33-41-64(4)44-46-73(103)89-50-51-90-77(104)76(113-69(9)101)75(112-68(8)100)74(111-67(7)99)71(110-66(6)98)60-109-65(5)97)38-32-40-63(3)43-45-72(102)88-47-27-23-22-24-42-70(58-95(80(107)116-84(16,17)18)54-30-28-52-93(56-34-48-91-86)78(105)114-82(10,11)12)59-96(81(108)117-85(19,20)21)55-31-29-53-94(57-35-49-92-87)79(106)115-83(13,14)15/h61-64,70-71,74-76,91-92H,22-60H2,1-21H3,(H,88,102)(H,89,103)(H,90,104)/t61?,62?,63?,64?,71-,74-,75+,76-/m1/s1. The molecule has 8 atom stereocenters. The molecule has 0 aromatic heterocycles. The van der Waals surface area contributed by atoms with Crippen molar-refractivity contribution in [3.05, 3.63) is 0 Å². The third-order valence-corrected chi connectivity index (χ3v) is 19.0. The van der Waals surface area contributed by atoms with E-state index in [1.165, 1.54) is 19.3 Å². The van der Waals surface area contributed by atoms with Gasteiger partial charge in [0.05, 0.1) is 0 Å². The topological polar surface area (TPSA) is 361 Å². The van der Waals surface area contributed by atoms with Gasteiger partial charge >= 0.3 is 54.2 Å². The molecule has 672 valence electrons. The second-order valence-electron chi connectivity index (χ2n) is 35.6. The number of nitrogens with zero attached hydrogens (tertiary/aromatic N) is 4. The first-order valence-electron chi connectivity index (χ1n) is 43.1. The Morgan fingerprint density at radius 3 is 1.03 bits per heavy atom. The zero-order valence-corrected chi connectivity index (χ0v) is 75.8. The highest BCUT2D eigenvalue weighted by molar-refractivity contribution is 6.04. The molecule has 0 aromatic carbocycles. The Bertz CT molecular complexity index is 2810. The summed E-state index contributed by atoms with van der Waals surface area (Å²) < 4.78 is 49.7. The largest absolute Gasteiger partial charge is 0.462 e. The molecule has 0 spiro atoms. The van der Waals surface area contributed by atoms with E-state index in [1.54, 1.807) is 19.6 Å². The van der Waals surface area contributed by atoms with Crippen molar-refractivity contribution in [2.75, 3.05) is 91.7 Å². The van der Waals surface area contributed by atoms with Gasteiger partial charge in [-0.25, -0.2) is 19.2 Å². The summed E-state index contributed by atoms with van der Waals surface area (Å²) in [7, 11) is 11.1. The lowest BCUT2D eigenvalue weighted by molar-refractivity contribution is -0.203. The number of carbonyl (C=O) groups excluding carboxylic acids is 12. The first-order chi connectivity index (χ1) is 54.6. The first-order valence-corrected chi connectivity index (χ1v) is 43.1. The number of esters is 5. The smallest absolute Gasteiger partial charge is 0.410 e. The van der Waals surface area contributed by atoms with Crippen molar-refractivity contribution in [1.82, 2.24) is 46.0 Å². The fourth-order valence-corrected chi connectivity index (χ4v) is 13.1. The van der Waals surface area contributed by atoms with Crippen molar-refractivity contribution >= 4 is 87.9 Å². The highest BCUT2D eigenvalue weighted by atomic mass is 16.6. The Labute approximate surface area is 704 Å². The summed E-state index contributed by atoms with van der Waals surface area (Å²) in [5.74, 6) is -3.93. The number of rotatable bonds is 61. The maximum absolute atomic E-state index is 14.2. The second kappa shape index (κ2) is 60.4. The van der Waals surface area contributed by atoms with Crippen LogP contribution in [0, 0.1) is 29.6 Å². The number of amides is 7. The number of hydrogen-bond acceptors (Lipinski definition) is 23. The Balaban J connectivity index is 5.48. The quantitative estimate of drug-likeness (QED) is 0.0163. The van der Waals surface area contributed by atoms with Crippen molar-refractivity contribution < 1.29 is 100 Å². The zero-order chi connectivity index (χ0) is 88.9. The van der Waals surface area contributed by atoms with Gasteiger partial charge in [0, 0.05) is 119 Å². The van der Waals surface area contributed by atoms with Crippen molar-refractivity contribution in [3.63, 3.8) is 0 Å². The molecule has 117 heavy (non-hydrogen) atoms. The van der Waals surface area contributed by atoms with E-state index >= 15 is 0 Å². The lowest BCUT2D eigenvalue weighted by Crippen LogP contribution is -2.57. The van der Waals surface area contributed by atoms with Crippen molar-refractivity contribution in [3.8, 4) is 0 Å². The summed E-state index contributed by atoms with van der Waals surface area (Å²) in [5, 5.41) is 13.7. The lowest BCUT2D eigenvalue weighted by Gasteiger charge is -2.34. The Kier molecular flexibility index (Phi) is 56.7. The van der Waals surface area contributed by atoms with Crippen LogP contribution in [-0.2, 0) is 81.0 Å².